The Balaban J connectivity index is 2.00. The summed E-state index contributed by atoms with van der Waals surface area (Å²) in [7, 11) is 0. The summed E-state index contributed by atoms with van der Waals surface area (Å²) in [5.41, 5.74) is 3.15. The molecule has 0 saturated carbocycles. The first-order valence-electron chi connectivity index (χ1n) is 6.63. The molecule has 0 bridgehead atoms. The molecule has 0 fully saturated rings. The Morgan fingerprint density at radius 3 is 2.53 bits per heavy atom. The first-order chi connectivity index (χ1) is 9.25. The maximum Gasteiger partial charge on any atom is 0.170 e. The van der Waals surface area contributed by atoms with Crippen LogP contribution in [0.15, 0.2) is 48.5 Å². The van der Waals surface area contributed by atoms with Crippen LogP contribution in [0.5, 0.6) is 0 Å². The maximum atomic E-state index is 12.7. The number of carbonyl (C=O) groups excluding carboxylic acids is 1. The minimum atomic E-state index is -0.0269. The molecule has 1 aliphatic rings. The van der Waals surface area contributed by atoms with Crippen LogP contribution in [0.3, 0.4) is 0 Å². The van der Waals surface area contributed by atoms with Gasteiger partial charge in [0.15, 0.2) is 5.78 Å². The predicted molar refractivity (Wildman–Crippen MR) is 77.9 cm³/mol. The van der Waals surface area contributed by atoms with Crippen LogP contribution < -0.4 is 0 Å². The molecule has 19 heavy (non-hydrogen) atoms. The van der Waals surface area contributed by atoms with Gasteiger partial charge < -0.3 is 0 Å². The smallest absolute Gasteiger partial charge is 0.170 e. The van der Waals surface area contributed by atoms with Crippen molar-refractivity contribution in [2.45, 2.75) is 25.2 Å². The Labute approximate surface area is 118 Å². The van der Waals surface area contributed by atoms with Crippen LogP contribution in [0.4, 0.5) is 0 Å². The Bertz CT molecular complexity index is 601. The van der Waals surface area contributed by atoms with E-state index in [9.17, 15) is 4.79 Å². The minimum Gasteiger partial charge on any atom is -0.293 e. The van der Waals surface area contributed by atoms with E-state index in [1.165, 1.54) is 5.56 Å². The fourth-order valence-corrected chi connectivity index (χ4v) is 2.93. The molecule has 0 unspecified atom stereocenters. The fourth-order valence-electron chi connectivity index (χ4n) is 2.81. The lowest BCUT2D eigenvalue weighted by molar-refractivity contribution is 0.0957. The molecule has 0 N–H and O–H groups in total. The molecule has 2 aromatic rings. The van der Waals surface area contributed by atoms with E-state index in [4.69, 9.17) is 11.6 Å². The monoisotopic (exact) mass is 270 g/mol. The van der Waals surface area contributed by atoms with Crippen LogP contribution in [0.2, 0.25) is 5.02 Å². The Hall–Kier alpha value is -1.60. The number of aryl methyl sites for hydroxylation is 1. The van der Waals surface area contributed by atoms with Crippen LogP contribution in [0.1, 0.15) is 40.2 Å². The van der Waals surface area contributed by atoms with E-state index in [1.807, 2.05) is 42.5 Å². The molecule has 1 nitrogen and oxygen atoms in total. The van der Waals surface area contributed by atoms with Crippen molar-refractivity contribution in [2.24, 2.45) is 0 Å². The number of hydrogen-bond donors (Lipinski definition) is 0. The molecular formula is C17H15ClO. The number of rotatable bonds is 1. The number of fused-ring (bicyclic) bond motifs is 1. The summed E-state index contributed by atoms with van der Waals surface area (Å²) < 4.78 is 0. The first-order valence-corrected chi connectivity index (χ1v) is 7.01. The molecule has 1 atom stereocenters. The normalized spacial score (nSPS) is 18.8. The van der Waals surface area contributed by atoms with Crippen molar-refractivity contribution in [3.63, 3.8) is 0 Å². The third-order valence-electron chi connectivity index (χ3n) is 3.81. The zero-order chi connectivity index (χ0) is 13.2. The fraction of sp³-hybridized carbons (Fsp3) is 0.235. The lowest BCUT2D eigenvalue weighted by Gasteiger charge is -2.14. The van der Waals surface area contributed by atoms with Gasteiger partial charge in [0, 0.05) is 16.5 Å². The summed E-state index contributed by atoms with van der Waals surface area (Å²) in [5.74, 6) is 0.219. The summed E-state index contributed by atoms with van der Waals surface area (Å²) >= 11 is 5.92. The van der Waals surface area contributed by atoms with E-state index in [1.54, 1.807) is 0 Å². The zero-order valence-corrected chi connectivity index (χ0v) is 11.4. The van der Waals surface area contributed by atoms with E-state index in [0.717, 1.165) is 30.4 Å². The standard InChI is InChI=1S/C17H15ClO/c18-14-10-8-13(9-11-14)16-7-3-5-12-4-1-2-6-15(12)17(16)19/h1-2,4,6,8-11,16H,3,5,7H2/t16-/m0/s1. The number of Topliss-reactive ketones (excluding diaryl/α,β-unsaturated/α-hetero) is 1. The molecule has 0 radical (unpaired) electrons. The van der Waals surface area contributed by atoms with Crippen molar-refractivity contribution in [1.82, 2.24) is 0 Å². The van der Waals surface area contributed by atoms with E-state index in [0.29, 0.717) is 5.02 Å². The van der Waals surface area contributed by atoms with Crippen LogP contribution >= 0.6 is 11.6 Å². The van der Waals surface area contributed by atoms with Gasteiger partial charge in [0.25, 0.3) is 0 Å². The highest BCUT2D eigenvalue weighted by Crippen LogP contribution is 2.32. The highest BCUT2D eigenvalue weighted by molar-refractivity contribution is 6.30. The lowest BCUT2D eigenvalue weighted by atomic mass is 9.89. The van der Waals surface area contributed by atoms with Crippen molar-refractivity contribution in [3.05, 3.63) is 70.2 Å². The predicted octanol–water partition coefficient (Wildman–Crippen LogP) is 4.64. The van der Waals surface area contributed by atoms with Gasteiger partial charge in [-0.2, -0.15) is 0 Å². The molecule has 0 saturated heterocycles. The SMILES string of the molecule is O=C1c2ccccc2CCC[C@H]1c1ccc(Cl)cc1. The molecule has 2 aromatic carbocycles. The van der Waals surface area contributed by atoms with Crippen molar-refractivity contribution < 1.29 is 4.79 Å². The second-order valence-corrected chi connectivity index (χ2v) is 5.45. The number of ketones is 1. The molecule has 3 rings (SSSR count). The molecule has 0 spiro atoms. The molecule has 0 amide bonds. The van der Waals surface area contributed by atoms with Crippen LogP contribution in [0.25, 0.3) is 0 Å². The Morgan fingerprint density at radius 2 is 1.74 bits per heavy atom. The average Bonchev–Trinajstić information content (AvgIpc) is 2.60. The minimum absolute atomic E-state index is 0.0269. The van der Waals surface area contributed by atoms with Crippen LogP contribution in [0, 0.1) is 0 Å². The number of carbonyl (C=O) groups is 1. The number of benzene rings is 2. The van der Waals surface area contributed by atoms with E-state index in [2.05, 4.69) is 6.07 Å². The Kier molecular flexibility index (Phi) is 3.39. The molecule has 0 heterocycles. The topological polar surface area (TPSA) is 17.1 Å². The van der Waals surface area contributed by atoms with E-state index < -0.39 is 0 Å². The van der Waals surface area contributed by atoms with Crippen molar-refractivity contribution in [2.75, 3.05) is 0 Å². The summed E-state index contributed by atoms with van der Waals surface area (Å²) in [6, 6.07) is 15.6. The average molecular weight is 271 g/mol. The molecule has 1 aliphatic carbocycles. The molecule has 0 aromatic heterocycles. The van der Waals surface area contributed by atoms with Gasteiger partial charge in [-0.15, -0.1) is 0 Å². The summed E-state index contributed by atoms with van der Waals surface area (Å²) in [4.78, 5) is 12.7. The quantitative estimate of drug-likeness (QED) is 0.690. The zero-order valence-electron chi connectivity index (χ0n) is 10.6. The van der Waals surface area contributed by atoms with Gasteiger partial charge in [0.1, 0.15) is 0 Å². The summed E-state index contributed by atoms with van der Waals surface area (Å²) in [6.45, 7) is 0. The molecule has 2 heteroatoms. The molecular weight excluding hydrogens is 256 g/mol. The van der Waals surface area contributed by atoms with Gasteiger partial charge in [-0.05, 0) is 42.5 Å². The highest BCUT2D eigenvalue weighted by atomic mass is 35.5. The van der Waals surface area contributed by atoms with Gasteiger partial charge in [0.05, 0.1) is 0 Å². The van der Waals surface area contributed by atoms with Gasteiger partial charge in [-0.3, -0.25) is 4.79 Å². The van der Waals surface area contributed by atoms with Crippen LogP contribution in [-0.4, -0.2) is 5.78 Å². The largest absolute Gasteiger partial charge is 0.293 e. The van der Waals surface area contributed by atoms with Crippen LogP contribution in [-0.2, 0) is 6.42 Å². The van der Waals surface area contributed by atoms with Gasteiger partial charge >= 0.3 is 0 Å². The van der Waals surface area contributed by atoms with E-state index in [-0.39, 0.29) is 11.7 Å². The molecule has 0 aliphatic heterocycles. The lowest BCUT2D eigenvalue weighted by Crippen LogP contribution is -2.12. The molecule has 96 valence electrons. The second-order valence-electron chi connectivity index (χ2n) is 5.02. The summed E-state index contributed by atoms with van der Waals surface area (Å²) in [6.07, 6.45) is 2.96. The van der Waals surface area contributed by atoms with Gasteiger partial charge in [-0.1, -0.05) is 48.0 Å². The van der Waals surface area contributed by atoms with Crippen molar-refractivity contribution in [1.29, 1.82) is 0 Å². The summed E-state index contributed by atoms with van der Waals surface area (Å²) in [5, 5.41) is 0.713. The van der Waals surface area contributed by atoms with Crippen molar-refractivity contribution >= 4 is 17.4 Å². The Morgan fingerprint density at radius 1 is 1.00 bits per heavy atom. The number of hydrogen-bond acceptors (Lipinski definition) is 1. The van der Waals surface area contributed by atoms with Gasteiger partial charge in [0.2, 0.25) is 0 Å². The number of halogens is 1. The highest BCUT2D eigenvalue weighted by Gasteiger charge is 2.26. The van der Waals surface area contributed by atoms with E-state index >= 15 is 0 Å². The first kappa shape index (κ1) is 12.4. The van der Waals surface area contributed by atoms with Crippen molar-refractivity contribution in [3.8, 4) is 0 Å². The third-order valence-corrected chi connectivity index (χ3v) is 4.06. The van der Waals surface area contributed by atoms with Gasteiger partial charge in [-0.25, -0.2) is 0 Å². The second kappa shape index (κ2) is 5.18. The third kappa shape index (κ3) is 2.43. The maximum absolute atomic E-state index is 12.7.